The maximum absolute atomic E-state index is 1.95. The summed E-state index contributed by atoms with van der Waals surface area (Å²) < 4.78 is 1.14. The first kappa shape index (κ1) is 15.6. The van der Waals surface area contributed by atoms with Crippen LogP contribution in [0.1, 0.15) is 12.8 Å². The molecule has 1 rings (SSSR count). The van der Waals surface area contributed by atoms with Crippen molar-refractivity contribution in [3.05, 3.63) is 0 Å². The zero-order valence-corrected chi connectivity index (χ0v) is 6.31. The van der Waals surface area contributed by atoms with E-state index in [4.69, 9.17) is 0 Å². The molecule has 0 N–H and O–H groups in total. The van der Waals surface area contributed by atoms with Gasteiger partial charge in [-0.3, -0.25) is 0 Å². The quantitative estimate of drug-likeness (QED) is 0.625. The van der Waals surface area contributed by atoms with Crippen LogP contribution >= 0.6 is 0 Å². The first-order valence-electron chi connectivity index (χ1n) is 1.53. The van der Waals surface area contributed by atoms with Crippen molar-refractivity contribution >= 4 is 0 Å². The van der Waals surface area contributed by atoms with Gasteiger partial charge in [-0.1, -0.05) is 0 Å². The van der Waals surface area contributed by atoms with Gasteiger partial charge in [0.15, 0.2) is 0 Å². The Balaban J connectivity index is -0.0000000533. The Labute approximate surface area is 53.4 Å². The summed E-state index contributed by atoms with van der Waals surface area (Å²) in [5.41, 5.74) is 0. The molecular weight excluding hydrogens is 270 g/mol. The molecule has 0 aromatic carbocycles. The molecule has 1 aliphatic carbocycles. The molecule has 0 heterocycles. The van der Waals surface area contributed by atoms with E-state index in [9.17, 15) is 0 Å². The van der Waals surface area contributed by atoms with Crippen LogP contribution in [0, 0.1) is 0 Å². The van der Waals surface area contributed by atoms with Crippen LogP contribution in [0.4, 0.5) is 0 Å². The van der Waals surface area contributed by atoms with Gasteiger partial charge in [-0.15, -0.1) is 0 Å². The van der Waals surface area contributed by atoms with Gasteiger partial charge in [-0.05, 0) is 0 Å². The average molecular weight is 275 g/mol. The first-order chi connectivity index (χ1) is 1.89. The van der Waals surface area contributed by atoms with E-state index in [2.05, 4.69) is 0 Å². The molecule has 1 fully saturated rings. The van der Waals surface area contributed by atoms with Crippen molar-refractivity contribution in [1.82, 2.24) is 0 Å². The molecule has 0 bridgehead atoms. The maximum atomic E-state index is 1.95. The molecule has 7 heavy (non-hydrogen) atoms. The summed E-state index contributed by atoms with van der Waals surface area (Å²) in [5.74, 6) is 0. The van der Waals surface area contributed by atoms with Crippen LogP contribution in [-0.2, 0) is 35.6 Å². The van der Waals surface area contributed by atoms with E-state index in [1.165, 1.54) is 12.8 Å². The molecule has 0 aromatic heterocycles. The second kappa shape index (κ2) is 6.54. The van der Waals surface area contributed by atoms with Crippen LogP contribution in [0.25, 0.3) is 0 Å². The molecule has 42 valence electrons. The summed E-state index contributed by atoms with van der Waals surface area (Å²) in [5, 5.41) is 0. The SMILES string of the molecule is [O-2].[O-2].[O-2].[Re+6][CH]1CC1. The van der Waals surface area contributed by atoms with Crippen LogP contribution in [0.2, 0.25) is 4.39 Å². The summed E-state index contributed by atoms with van der Waals surface area (Å²) in [4.78, 5) is 0. The fourth-order valence-electron chi connectivity index (χ4n) is 0.0630. The fraction of sp³-hybridized carbons (Fsp3) is 1.00. The topological polar surface area (TPSA) is 85.5 Å². The minimum absolute atomic E-state index is 0. The summed E-state index contributed by atoms with van der Waals surface area (Å²) in [6.07, 6.45) is 3.02. The number of rotatable bonds is 0. The second-order valence-electron chi connectivity index (χ2n) is 1.17. The van der Waals surface area contributed by atoms with Gasteiger partial charge in [-0.2, -0.15) is 0 Å². The van der Waals surface area contributed by atoms with Crippen molar-refractivity contribution in [1.29, 1.82) is 0 Å². The van der Waals surface area contributed by atoms with Gasteiger partial charge in [-0.25, -0.2) is 0 Å². The van der Waals surface area contributed by atoms with Crippen molar-refractivity contribution in [2.24, 2.45) is 0 Å². The molecule has 0 amide bonds. The van der Waals surface area contributed by atoms with E-state index in [0.717, 1.165) is 4.39 Å². The van der Waals surface area contributed by atoms with Gasteiger partial charge in [0.1, 0.15) is 0 Å². The Morgan fingerprint density at radius 2 is 1.14 bits per heavy atom. The van der Waals surface area contributed by atoms with Crippen LogP contribution in [0.15, 0.2) is 0 Å². The zero-order chi connectivity index (χ0) is 2.99. The fourth-order valence-corrected chi connectivity index (χ4v) is 0.516. The minimum atomic E-state index is 0. The molecule has 3 nitrogen and oxygen atoms in total. The molecular formula is C3H5O3Re. The first-order valence-corrected chi connectivity index (χ1v) is 3.10. The normalized spacial score (nSPS) is 15.1. The molecule has 1 aliphatic rings. The van der Waals surface area contributed by atoms with Crippen molar-refractivity contribution in [2.45, 2.75) is 17.2 Å². The van der Waals surface area contributed by atoms with Gasteiger partial charge in [0.25, 0.3) is 0 Å². The van der Waals surface area contributed by atoms with Gasteiger partial charge in [0, 0.05) is 0 Å². The average Bonchev–Trinajstić information content (AvgIpc) is 1.75. The Bertz CT molecular complexity index is 29.4. The molecule has 0 saturated heterocycles. The number of hydrogen-bond donors (Lipinski definition) is 0. The van der Waals surface area contributed by atoms with E-state index in [1.54, 1.807) is 0 Å². The standard InChI is InChI=1S/C3H5.3O.Re/c1-2-3-1;;;;/h1H,2-3H2;;;;/q;3*-2;+6. The summed E-state index contributed by atoms with van der Waals surface area (Å²) >= 11 is 1.95. The van der Waals surface area contributed by atoms with Crippen LogP contribution < -0.4 is 0 Å². The zero-order valence-electron chi connectivity index (χ0n) is 3.59. The van der Waals surface area contributed by atoms with Crippen LogP contribution in [0.5, 0.6) is 0 Å². The van der Waals surface area contributed by atoms with Gasteiger partial charge >= 0.3 is 36.4 Å². The van der Waals surface area contributed by atoms with E-state index in [-0.39, 0.29) is 16.4 Å². The van der Waals surface area contributed by atoms with Gasteiger partial charge < -0.3 is 16.4 Å². The van der Waals surface area contributed by atoms with Crippen molar-refractivity contribution in [2.75, 3.05) is 0 Å². The summed E-state index contributed by atoms with van der Waals surface area (Å²) in [6, 6.07) is 0. The van der Waals surface area contributed by atoms with Crippen LogP contribution in [-0.4, -0.2) is 0 Å². The van der Waals surface area contributed by atoms with E-state index in [0.29, 0.717) is 0 Å². The predicted octanol–water partition coefficient (Wildman–Crippen LogP) is 0.759. The summed E-state index contributed by atoms with van der Waals surface area (Å²) in [6.45, 7) is 0. The van der Waals surface area contributed by atoms with Crippen molar-refractivity contribution < 1.29 is 35.6 Å². The predicted molar refractivity (Wildman–Crippen MR) is 15.0 cm³/mol. The Morgan fingerprint density at radius 1 is 1.00 bits per heavy atom. The van der Waals surface area contributed by atoms with Crippen LogP contribution in [0.3, 0.4) is 0 Å². The molecule has 4 heteroatoms. The molecule has 0 unspecified atom stereocenters. The molecule has 0 radical (unpaired) electrons. The van der Waals surface area contributed by atoms with E-state index >= 15 is 0 Å². The summed E-state index contributed by atoms with van der Waals surface area (Å²) in [7, 11) is 0. The van der Waals surface area contributed by atoms with E-state index < -0.39 is 0 Å². The van der Waals surface area contributed by atoms with Crippen molar-refractivity contribution in [3.8, 4) is 0 Å². The van der Waals surface area contributed by atoms with Gasteiger partial charge in [0.05, 0.1) is 0 Å². The second-order valence-corrected chi connectivity index (χ2v) is 3.39. The Kier molecular flexibility index (Phi) is 14.6. The molecule has 0 atom stereocenters. The third-order valence-electron chi connectivity index (χ3n) is 0.507. The van der Waals surface area contributed by atoms with E-state index in [1.807, 2.05) is 19.2 Å². The molecule has 0 aromatic rings. The third kappa shape index (κ3) is 10.8. The van der Waals surface area contributed by atoms with Crippen molar-refractivity contribution in [3.63, 3.8) is 0 Å². The Morgan fingerprint density at radius 3 is 1.14 bits per heavy atom. The molecule has 0 spiro atoms. The monoisotopic (exact) mass is 276 g/mol. The Hall–Kier alpha value is 0.542. The molecule has 0 aliphatic heterocycles. The number of hydrogen-bond acceptors (Lipinski definition) is 0. The molecule has 1 saturated carbocycles. The van der Waals surface area contributed by atoms with Gasteiger partial charge in [0.2, 0.25) is 0 Å². The third-order valence-corrected chi connectivity index (χ3v) is 2.07.